The van der Waals surface area contributed by atoms with E-state index in [1.54, 1.807) is 0 Å². The molecule has 0 radical (unpaired) electrons. The largest absolute Gasteiger partial charge is 0.476 e. The highest BCUT2D eigenvalue weighted by atomic mass is 35.5. The summed E-state index contributed by atoms with van der Waals surface area (Å²) in [5, 5.41) is 19.7. The number of halogens is 1. The van der Waals surface area contributed by atoms with E-state index < -0.39 is 5.97 Å². The molecular weight excluding hydrogens is 304 g/mol. The number of H-pyrrole nitrogens is 1. The van der Waals surface area contributed by atoms with Gasteiger partial charge in [-0.3, -0.25) is 10.00 Å². The molecule has 2 aromatic rings. The minimum atomic E-state index is -1.02. The van der Waals surface area contributed by atoms with E-state index in [-0.39, 0.29) is 5.69 Å². The smallest absolute Gasteiger partial charge is 0.355 e. The van der Waals surface area contributed by atoms with Crippen LogP contribution in [0.25, 0.3) is 0 Å². The Kier molecular flexibility index (Phi) is 4.40. The monoisotopic (exact) mass is 320 g/mol. The standard InChI is InChI=1S/C15H17ClN4O2/c16-12-3-1-10(2-4-12)11-5-7-20(8-6-11)9-13-14(15(21)22)18-19-17-13/h1-4,11H,5-9H2,(H,21,22)(H,17,18,19). The summed E-state index contributed by atoms with van der Waals surface area (Å²) in [4.78, 5) is 13.3. The van der Waals surface area contributed by atoms with Crippen LogP contribution in [0.15, 0.2) is 24.3 Å². The van der Waals surface area contributed by atoms with Crippen molar-refractivity contribution in [1.82, 2.24) is 20.3 Å². The number of aromatic nitrogens is 3. The van der Waals surface area contributed by atoms with Crippen LogP contribution in [0.1, 0.15) is 40.5 Å². The third-order valence-corrected chi connectivity index (χ3v) is 4.39. The first kappa shape index (κ1) is 15.0. The first-order valence-corrected chi connectivity index (χ1v) is 7.62. The molecule has 0 amide bonds. The van der Waals surface area contributed by atoms with E-state index in [0.717, 1.165) is 31.0 Å². The Morgan fingerprint density at radius 1 is 1.32 bits per heavy atom. The Labute approximate surface area is 133 Å². The van der Waals surface area contributed by atoms with Crippen LogP contribution in [0.5, 0.6) is 0 Å². The highest BCUT2D eigenvalue weighted by Gasteiger charge is 2.23. The minimum absolute atomic E-state index is 0.0832. The van der Waals surface area contributed by atoms with Gasteiger partial charge in [-0.1, -0.05) is 28.9 Å². The van der Waals surface area contributed by atoms with Gasteiger partial charge in [0.2, 0.25) is 0 Å². The van der Waals surface area contributed by atoms with Crippen LogP contribution in [-0.4, -0.2) is 44.5 Å². The Hall–Kier alpha value is -1.92. The van der Waals surface area contributed by atoms with Crippen LogP contribution in [0, 0.1) is 0 Å². The lowest BCUT2D eigenvalue weighted by Crippen LogP contribution is -2.33. The molecule has 1 saturated heterocycles. The molecule has 0 saturated carbocycles. The van der Waals surface area contributed by atoms with Crippen LogP contribution in [0.4, 0.5) is 0 Å². The van der Waals surface area contributed by atoms with Gasteiger partial charge in [0, 0.05) is 11.6 Å². The lowest BCUT2D eigenvalue weighted by Gasteiger charge is -2.31. The number of aromatic amines is 1. The zero-order chi connectivity index (χ0) is 15.5. The molecule has 0 bridgehead atoms. The molecule has 1 fully saturated rings. The highest BCUT2D eigenvalue weighted by Crippen LogP contribution is 2.29. The average Bonchev–Trinajstić information content (AvgIpc) is 2.97. The molecule has 3 rings (SSSR count). The number of piperidine rings is 1. The second-order valence-corrected chi connectivity index (χ2v) is 5.98. The van der Waals surface area contributed by atoms with Gasteiger partial charge in [0.15, 0.2) is 5.69 Å². The van der Waals surface area contributed by atoms with Gasteiger partial charge in [-0.25, -0.2) is 4.79 Å². The van der Waals surface area contributed by atoms with Crippen molar-refractivity contribution in [3.63, 3.8) is 0 Å². The first-order chi connectivity index (χ1) is 10.6. The van der Waals surface area contributed by atoms with Crippen LogP contribution in [0.3, 0.4) is 0 Å². The van der Waals surface area contributed by atoms with E-state index >= 15 is 0 Å². The predicted molar refractivity (Wildman–Crippen MR) is 82.0 cm³/mol. The molecule has 7 heteroatoms. The van der Waals surface area contributed by atoms with E-state index in [0.29, 0.717) is 18.2 Å². The van der Waals surface area contributed by atoms with Crippen molar-refractivity contribution in [3.8, 4) is 0 Å². The molecule has 1 aromatic heterocycles. The van der Waals surface area contributed by atoms with Gasteiger partial charge in [-0.2, -0.15) is 0 Å². The first-order valence-electron chi connectivity index (χ1n) is 7.24. The summed E-state index contributed by atoms with van der Waals surface area (Å²) in [6.07, 6.45) is 2.09. The molecular formula is C15H17ClN4O2. The Balaban J connectivity index is 1.59. The second kappa shape index (κ2) is 6.46. The lowest BCUT2D eigenvalue weighted by atomic mass is 9.89. The number of carboxylic acids is 1. The third kappa shape index (κ3) is 3.28. The van der Waals surface area contributed by atoms with Gasteiger partial charge in [0.05, 0.1) is 0 Å². The Bertz CT molecular complexity index is 648. The van der Waals surface area contributed by atoms with E-state index in [1.807, 2.05) is 12.1 Å². The number of nitrogens with one attached hydrogen (secondary N) is 1. The molecule has 0 unspecified atom stereocenters. The molecule has 1 aliphatic rings. The number of likely N-dealkylation sites (tertiary alicyclic amines) is 1. The summed E-state index contributed by atoms with van der Waals surface area (Å²) in [6.45, 7) is 2.35. The molecule has 2 N–H and O–H groups in total. The molecule has 0 spiro atoms. The van der Waals surface area contributed by atoms with Gasteiger partial charge in [-0.15, -0.1) is 5.10 Å². The minimum Gasteiger partial charge on any atom is -0.476 e. The molecule has 1 aromatic carbocycles. The Morgan fingerprint density at radius 2 is 2.00 bits per heavy atom. The second-order valence-electron chi connectivity index (χ2n) is 5.54. The third-order valence-electron chi connectivity index (χ3n) is 4.14. The quantitative estimate of drug-likeness (QED) is 0.904. The topological polar surface area (TPSA) is 82.1 Å². The fourth-order valence-electron chi connectivity index (χ4n) is 2.90. The number of benzene rings is 1. The number of hydrogen-bond donors (Lipinski definition) is 2. The summed E-state index contributed by atoms with van der Waals surface area (Å²) in [5.41, 5.74) is 1.90. The van der Waals surface area contributed by atoms with Crippen molar-refractivity contribution in [2.75, 3.05) is 13.1 Å². The van der Waals surface area contributed by atoms with Gasteiger partial charge >= 0.3 is 5.97 Å². The summed E-state index contributed by atoms with van der Waals surface area (Å²) in [6, 6.07) is 8.03. The zero-order valence-corrected chi connectivity index (χ0v) is 12.8. The molecule has 0 aliphatic carbocycles. The predicted octanol–water partition coefficient (Wildman–Crippen LogP) is 2.54. The fourth-order valence-corrected chi connectivity index (χ4v) is 3.03. The van der Waals surface area contributed by atoms with Crippen LogP contribution in [-0.2, 0) is 6.54 Å². The average molecular weight is 321 g/mol. The van der Waals surface area contributed by atoms with E-state index in [4.69, 9.17) is 16.7 Å². The normalized spacial score (nSPS) is 16.8. The summed E-state index contributed by atoms with van der Waals surface area (Å²) >= 11 is 5.92. The maximum absolute atomic E-state index is 11.0. The Morgan fingerprint density at radius 3 is 2.64 bits per heavy atom. The molecule has 6 nitrogen and oxygen atoms in total. The summed E-state index contributed by atoms with van der Waals surface area (Å²) in [7, 11) is 0. The summed E-state index contributed by atoms with van der Waals surface area (Å²) in [5.74, 6) is -0.485. The van der Waals surface area contributed by atoms with E-state index in [1.165, 1.54) is 5.56 Å². The van der Waals surface area contributed by atoms with Crippen molar-refractivity contribution in [3.05, 3.63) is 46.2 Å². The van der Waals surface area contributed by atoms with Crippen LogP contribution < -0.4 is 0 Å². The van der Waals surface area contributed by atoms with Crippen molar-refractivity contribution in [1.29, 1.82) is 0 Å². The molecule has 2 heterocycles. The van der Waals surface area contributed by atoms with Gasteiger partial charge in [-0.05, 0) is 49.5 Å². The number of carboxylic acid groups (broad SMARTS) is 1. The molecule has 22 heavy (non-hydrogen) atoms. The van der Waals surface area contributed by atoms with Gasteiger partial charge < -0.3 is 5.11 Å². The van der Waals surface area contributed by atoms with Crippen LogP contribution in [0.2, 0.25) is 5.02 Å². The molecule has 116 valence electrons. The lowest BCUT2D eigenvalue weighted by molar-refractivity contribution is 0.0687. The zero-order valence-electron chi connectivity index (χ0n) is 12.0. The van der Waals surface area contributed by atoms with Crippen molar-refractivity contribution >= 4 is 17.6 Å². The maximum atomic E-state index is 11.0. The van der Waals surface area contributed by atoms with Crippen molar-refractivity contribution < 1.29 is 9.90 Å². The maximum Gasteiger partial charge on any atom is 0.355 e. The summed E-state index contributed by atoms with van der Waals surface area (Å²) < 4.78 is 0. The van der Waals surface area contributed by atoms with Crippen LogP contribution >= 0.6 is 11.6 Å². The van der Waals surface area contributed by atoms with Crippen molar-refractivity contribution in [2.24, 2.45) is 0 Å². The number of carbonyl (C=O) groups is 1. The van der Waals surface area contributed by atoms with E-state index in [2.05, 4.69) is 32.4 Å². The molecule has 0 atom stereocenters. The van der Waals surface area contributed by atoms with Crippen molar-refractivity contribution in [2.45, 2.75) is 25.3 Å². The van der Waals surface area contributed by atoms with Gasteiger partial charge in [0.25, 0.3) is 0 Å². The number of nitrogens with zero attached hydrogens (tertiary/aromatic N) is 3. The number of aromatic carboxylic acids is 1. The SMILES string of the molecule is O=C(O)c1[nH]nnc1CN1CCC(c2ccc(Cl)cc2)CC1. The number of hydrogen-bond acceptors (Lipinski definition) is 4. The molecule has 1 aliphatic heterocycles. The highest BCUT2D eigenvalue weighted by molar-refractivity contribution is 6.30. The fraction of sp³-hybridized carbons (Fsp3) is 0.400. The van der Waals surface area contributed by atoms with Gasteiger partial charge in [0.1, 0.15) is 5.69 Å². The van der Waals surface area contributed by atoms with E-state index in [9.17, 15) is 4.79 Å². The number of rotatable bonds is 4.